The SMILES string of the molecule is Cc1ccc(CS(=O)Cc2ccccc2)cc1C[C@H](N)C(=O)O. The number of hydrogen-bond donors (Lipinski definition) is 2. The second-order valence-electron chi connectivity index (χ2n) is 5.62. The smallest absolute Gasteiger partial charge is 0.320 e. The van der Waals surface area contributed by atoms with Crippen LogP contribution in [0.15, 0.2) is 48.5 Å². The standard InChI is InChI=1S/C18H21NO3S/c1-13-7-8-15(9-16(13)10-17(19)18(20)21)12-23(22)11-14-5-3-2-4-6-14/h2-9,17H,10-12,19H2,1H3,(H,20,21)/t17-,23?/m0/s1. The van der Waals surface area contributed by atoms with Gasteiger partial charge in [-0.2, -0.15) is 0 Å². The summed E-state index contributed by atoms with van der Waals surface area (Å²) < 4.78 is 12.3. The van der Waals surface area contributed by atoms with Crippen molar-refractivity contribution in [2.75, 3.05) is 0 Å². The summed E-state index contributed by atoms with van der Waals surface area (Å²) in [7, 11) is -1.01. The van der Waals surface area contributed by atoms with Crippen LogP contribution in [-0.2, 0) is 33.5 Å². The molecule has 0 aliphatic rings. The van der Waals surface area contributed by atoms with E-state index in [0.29, 0.717) is 11.5 Å². The Bertz CT molecular complexity index is 701. The highest BCUT2D eigenvalue weighted by atomic mass is 32.2. The van der Waals surface area contributed by atoms with E-state index in [2.05, 4.69) is 0 Å². The van der Waals surface area contributed by atoms with Crippen molar-refractivity contribution in [3.63, 3.8) is 0 Å². The molecule has 2 aromatic rings. The highest BCUT2D eigenvalue weighted by Crippen LogP contribution is 2.16. The Morgan fingerprint density at radius 3 is 2.43 bits per heavy atom. The van der Waals surface area contributed by atoms with Gasteiger partial charge in [-0.1, -0.05) is 48.5 Å². The number of carboxylic acid groups (broad SMARTS) is 1. The van der Waals surface area contributed by atoms with E-state index in [1.165, 1.54) is 0 Å². The maximum Gasteiger partial charge on any atom is 0.320 e. The second-order valence-corrected chi connectivity index (χ2v) is 7.08. The van der Waals surface area contributed by atoms with E-state index >= 15 is 0 Å². The average molecular weight is 331 g/mol. The van der Waals surface area contributed by atoms with Gasteiger partial charge in [-0.3, -0.25) is 9.00 Å². The van der Waals surface area contributed by atoms with Crippen molar-refractivity contribution in [2.24, 2.45) is 5.73 Å². The summed E-state index contributed by atoms with van der Waals surface area (Å²) in [5.41, 5.74) is 9.50. The molecule has 23 heavy (non-hydrogen) atoms. The Labute approximate surface area is 138 Å². The molecule has 0 saturated carbocycles. The molecule has 0 aliphatic carbocycles. The molecule has 4 nitrogen and oxygen atoms in total. The van der Waals surface area contributed by atoms with Crippen LogP contribution < -0.4 is 5.73 Å². The van der Waals surface area contributed by atoms with Gasteiger partial charge in [-0.05, 0) is 35.6 Å². The average Bonchev–Trinajstić information content (AvgIpc) is 2.51. The van der Waals surface area contributed by atoms with Crippen LogP contribution in [0, 0.1) is 6.92 Å². The fourth-order valence-corrected chi connectivity index (χ4v) is 3.57. The van der Waals surface area contributed by atoms with Gasteiger partial charge in [-0.25, -0.2) is 0 Å². The first-order valence-electron chi connectivity index (χ1n) is 7.41. The monoisotopic (exact) mass is 331 g/mol. The van der Waals surface area contributed by atoms with Crippen LogP contribution in [0.5, 0.6) is 0 Å². The van der Waals surface area contributed by atoms with Crippen LogP contribution in [-0.4, -0.2) is 21.3 Å². The molecule has 0 saturated heterocycles. The van der Waals surface area contributed by atoms with Crippen LogP contribution in [0.3, 0.4) is 0 Å². The van der Waals surface area contributed by atoms with Gasteiger partial charge in [0.25, 0.3) is 0 Å². The molecular weight excluding hydrogens is 310 g/mol. The lowest BCUT2D eigenvalue weighted by Gasteiger charge is -2.11. The van der Waals surface area contributed by atoms with E-state index in [9.17, 15) is 9.00 Å². The Kier molecular flexibility index (Phi) is 6.07. The van der Waals surface area contributed by atoms with Crippen LogP contribution in [0.4, 0.5) is 0 Å². The summed E-state index contributed by atoms with van der Waals surface area (Å²) in [6.45, 7) is 1.93. The third-order valence-corrected chi connectivity index (χ3v) is 4.98. The van der Waals surface area contributed by atoms with Gasteiger partial charge in [0, 0.05) is 22.3 Å². The molecule has 0 fully saturated rings. The van der Waals surface area contributed by atoms with Crippen molar-refractivity contribution >= 4 is 16.8 Å². The van der Waals surface area contributed by atoms with Gasteiger partial charge in [0.2, 0.25) is 0 Å². The molecule has 0 bridgehead atoms. The minimum atomic E-state index is -1.01. The minimum Gasteiger partial charge on any atom is -0.480 e. The minimum absolute atomic E-state index is 0.278. The number of rotatable bonds is 7. The van der Waals surface area contributed by atoms with E-state index in [4.69, 9.17) is 10.8 Å². The van der Waals surface area contributed by atoms with Crippen LogP contribution >= 0.6 is 0 Å². The van der Waals surface area contributed by atoms with Gasteiger partial charge >= 0.3 is 5.97 Å². The molecule has 0 heterocycles. The molecule has 0 radical (unpaired) electrons. The van der Waals surface area contributed by atoms with E-state index in [-0.39, 0.29) is 6.42 Å². The zero-order valence-corrected chi connectivity index (χ0v) is 13.9. The Hall–Kier alpha value is -1.98. The maximum absolute atomic E-state index is 12.3. The molecule has 122 valence electrons. The van der Waals surface area contributed by atoms with E-state index in [0.717, 1.165) is 22.3 Å². The van der Waals surface area contributed by atoms with E-state index in [1.54, 1.807) is 0 Å². The van der Waals surface area contributed by atoms with Gasteiger partial charge < -0.3 is 10.8 Å². The lowest BCUT2D eigenvalue weighted by molar-refractivity contribution is -0.138. The molecule has 2 aromatic carbocycles. The predicted molar refractivity (Wildman–Crippen MR) is 92.5 cm³/mol. The molecule has 0 amide bonds. The van der Waals surface area contributed by atoms with Crippen LogP contribution in [0.1, 0.15) is 22.3 Å². The number of nitrogens with two attached hydrogens (primary N) is 1. The van der Waals surface area contributed by atoms with Crippen molar-refractivity contribution in [1.29, 1.82) is 0 Å². The largest absolute Gasteiger partial charge is 0.480 e. The molecule has 0 spiro atoms. The lowest BCUT2D eigenvalue weighted by atomic mass is 9.99. The van der Waals surface area contributed by atoms with Crippen molar-refractivity contribution in [2.45, 2.75) is 30.9 Å². The first kappa shape index (κ1) is 17.4. The number of aryl methyl sites for hydroxylation is 1. The summed E-state index contributed by atoms with van der Waals surface area (Å²) in [5.74, 6) is -0.0501. The molecule has 2 rings (SSSR count). The summed E-state index contributed by atoms with van der Waals surface area (Å²) in [6, 6.07) is 14.6. The summed E-state index contributed by atoms with van der Waals surface area (Å²) >= 11 is 0. The van der Waals surface area contributed by atoms with Gasteiger partial charge in [0.15, 0.2) is 0 Å². The van der Waals surface area contributed by atoms with E-state index < -0.39 is 22.8 Å². The summed E-state index contributed by atoms with van der Waals surface area (Å²) in [6.07, 6.45) is 0.278. The van der Waals surface area contributed by atoms with Gasteiger partial charge in [0.05, 0.1) is 0 Å². The van der Waals surface area contributed by atoms with Crippen LogP contribution in [0.25, 0.3) is 0 Å². The zero-order valence-electron chi connectivity index (χ0n) is 13.1. The Balaban J connectivity index is 2.05. The first-order chi connectivity index (χ1) is 11.0. The van der Waals surface area contributed by atoms with Crippen molar-refractivity contribution in [1.82, 2.24) is 0 Å². The highest BCUT2D eigenvalue weighted by molar-refractivity contribution is 7.83. The van der Waals surface area contributed by atoms with Crippen LogP contribution in [0.2, 0.25) is 0 Å². The summed E-state index contributed by atoms with van der Waals surface area (Å²) in [5, 5.41) is 8.94. The molecule has 1 unspecified atom stereocenters. The number of carboxylic acids is 1. The van der Waals surface area contributed by atoms with Gasteiger partial charge in [0.1, 0.15) is 6.04 Å². The topological polar surface area (TPSA) is 80.4 Å². The Morgan fingerprint density at radius 1 is 1.13 bits per heavy atom. The molecule has 3 N–H and O–H groups in total. The quantitative estimate of drug-likeness (QED) is 0.816. The summed E-state index contributed by atoms with van der Waals surface area (Å²) in [4.78, 5) is 10.9. The number of hydrogen-bond acceptors (Lipinski definition) is 3. The Morgan fingerprint density at radius 2 is 1.78 bits per heavy atom. The zero-order chi connectivity index (χ0) is 16.8. The molecule has 2 atom stereocenters. The molecule has 0 aliphatic heterocycles. The lowest BCUT2D eigenvalue weighted by Crippen LogP contribution is -2.32. The normalized spacial score (nSPS) is 13.5. The number of carbonyl (C=O) groups is 1. The number of benzene rings is 2. The highest BCUT2D eigenvalue weighted by Gasteiger charge is 2.14. The molecule has 0 aromatic heterocycles. The molecule has 5 heteroatoms. The van der Waals surface area contributed by atoms with Crippen molar-refractivity contribution < 1.29 is 14.1 Å². The maximum atomic E-state index is 12.3. The van der Waals surface area contributed by atoms with E-state index in [1.807, 2.05) is 55.5 Å². The van der Waals surface area contributed by atoms with Crippen molar-refractivity contribution in [3.05, 3.63) is 70.8 Å². The molecular formula is C18H21NO3S. The first-order valence-corrected chi connectivity index (χ1v) is 8.90. The fourth-order valence-electron chi connectivity index (χ4n) is 2.36. The third-order valence-electron chi connectivity index (χ3n) is 3.67. The second kappa shape index (κ2) is 8.04. The number of aliphatic carboxylic acids is 1. The van der Waals surface area contributed by atoms with Gasteiger partial charge in [-0.15, -0.1) is 0 Å². The van der Waals surface area contributed by atoms with Crippen molar-refractivity contribution in [3.8, 4) is 0 Å². The third kappa shape index (κ3) is 5.30. The fraction of sp³-hybridized carbons (Fsp3) is 0.278. The predicted octanol–water partition coefficient (Wildman–Crippen LogP) is 2.40.